The maximum atomic E-state index is 5.30. The number of anilines is 1. The third-order valence-corrected chi connectivity index (χ3v) is 1.23. The summed E-state index contributed by atoms with van der Waals surface area (Å²) in [5, 5.41) is 0. The van der Waals surface area contributed by atoms with Crippen LogP contribution < -0.4 is 5.73 Å². The Balaban J connectivity index is 0.000001000. The molecule has 1 aromatic rings. The first-order valence-electron chi connectivity index (χ1n) is 3.20. The van der Waals surface area contributed by atoms with Gasteiger partial charge in [-0.2, -0.15) is 0 Å². The maximum absolute atomic E-state index is 5.30. The van der Waals surface area contributed by atoms with Crippen molar-refractivity contribution in [2.75, 3.05) is 5.73 Å². The molecule has 3 nitrogen and oxygen atoms in total. The average Bonchev–Trinajstić information content (AvgIpc) is 1.88. The minimum absolute atomic E-state index is 0. The molecule has 0 saturated heterocycles. The minimum atomic E-state index is 0. The summed E-state index contributed by atoms with van der Waals surface area (Å²) in [7, 11) is 0. The molecule has 1 heterocycles. The molecule has 1 aromatic heterocycles. The van der Waals surface area contributed by atoms with Crippen LogP contribution in [0.25, 0.3) is 0 Å². The van der Waals surface area contributed by atoms with Crippen molar-refractivity contribution in [1.29, 1.82) is 0 Å². The summed E-state index contributed by atoms with van der Waals surface area (Å²) < 4.78 is 0. The molecule has 1 rings (SSSR count). The molecular formula is C7H10N3Y-. The van der Waals surface area contributed by atoms with E-state index in [-0.39, 0.29) is 32.7 Å². The number of rotatable bonds is 1. The zero-order chi connectivity index (χ0) is 7.56. The molecule has 0 amide bonds. The second kappa shape index (κ2) is 4.78. The first-order valence-corrected chi connectivity index (χ1v) is 3.20. The van der Waals surface area contributed by atoms with Crippen LogP contribution >= 0.6 is 0 Å². The van der Waals surface area contributed by atoms with Crippen molar-refractivity contribution in [2.24, 2.45) is 0 Å². The molecule has 0 unspecified atom stereocenters. The van der Waals surface area contributed by atoms with E-state index in [4.69, 9.17) is 5.73 Å². The van der Waals surface area contributed by atoms with Crippen LogP contribution in [-0.2, 0) is 32.7 Å². The van der Waals surface area contributed by atoms with Crippen LogP contribution in [0.15, 0.2) is 6.20 Å². The molecule has 1 radical (unpaired) electrons. The quantitative estimate of drug-likeness (QED) is 0.725. The van der Waals surface area contributed by atoms with Crippen LogP contribution in [0.4, 0.5) is 5.82 Å². The fourth-order valence-electron chi connectivity index (χ4n) is 0.593. The molecule has 11 heavy (non-hydrogen) atoms. The predicted molar refractivity (Wildman–Crippen MR) is 39.4 cm³/mol. The maximum Gasteiger partial charge on any atom is 0.0468 e. The second-order valence-corrected chi connectivity index (χ2v) is 2.45. The van der Waals surface area contributed by atoms with Crippen molar-refractivity contribution in [2.45, 2.75) is 19.8 Å². The van der Waals surface area contributed by atoms with E-state index >= 15 is 0 Å². The zero-order valence-electron chi connectivity index (χ0n) is 6.70. The van der Waals surface area contributed by atoms with E-state index in [2.05, 4.69) is 16.2 Å². The third-order valence-electron chi connectivity index (χ3n) is 1.23. The van der Waals surface area contributed by atoms with Gasteiger partial charge in [0, 0.05) is 38.5 Å². The van der Waals surface area contributed by atoms with E-state index in [9.17, 15) is 0 Å². The van der Waals surface area contributed by atoms with Crippen LogP contribution in [0.3, 0.4) is 0 Å². The Labute approximate surface area is 91.7 Å². The second-order valence-electron chi connectivity index (χ2n) is 2.45. The van der Waals surface area contributed by atoms with Gasteiger partial charge >= 0.3 is 0 Å². The van der Waals surface area contributed by atoms with Crippen LogP contribution in [0.2, 0.25) is 0 Å². The van der Waals surface area contributed by atoms with Crippen molar-refractivity contribution in [3.8, 4) is 0 Å². The fourth-order valence-corrected chi connectivity index (χ4v) is 0.593. The summed E-state index contributed by atoms with van der Waals surface area (Å²) >= 11 is 0. The van der Waals surface area contributed by atoms with E-state index in [0.29, 0.717) is 11.7 Å². The van der Waals surface area contributed by atoms with Gasteiger partial charge in [0.05, 0.1) is 0 Å². The largest absolute Gasteiger partial charge is 0.450 e. The molecule has 2 N–H and O–H groups in total. The van der Waals surface area contributed by atoms with Crippen molar-refractivity contribution >= 4 is 5.82 Å². The van der Waals surface area contributed by atoms with Gasteiger partial charge < -0.3 is 10.7 Å². The molecular weight excluding hydrogens is 215 g/mol. The zero-order valence-corrected chi connectivity index (χ0v) is 9.54. The number of aromatic nitrogens is 2. The molecule has 0 aliphatic rings. The Bertz CT molecular complexity index is 207. The van der Waals surface area contributed by atoms with Gasteiger partial charge in [0.15, 0.2) is 0 Å². The van der Waals surface area contributed by atoms with Crippen molar-refractivity contribution in [1.82, 2.24) is 9.97 Å². The Kier molecular flexibility index (Phi) is 4.77. The van der Waals surface area contributed by atoms with Gasteiger partial charge in [0.25, 0.3) is 0 Å². The molecule has 0 bridgehead atoms. The molecule has 0 aliphatic carbocycles. The van der Waals surface area contributed by atoms with Gasteiger partial charge in [-0.3, -0.25) is 4.98 Å². The first-order chi connectivity index (χ1) is 4.70. The normalized spacial score (nSPS) is 9.36. The summed E-state index contributed by atoms with van der Waals surface area (Å²) in [6, 6.07) is 0. The molecule has 0 saturated carbocycles. The summed E-state index contributed by atoms with van der Waals surface area (Å²) in [6.07, 6.45) is 4.27. The molecule has 0 aromatic carbocycles. The Morgan fingerprint density at radius 3 is 2.55 bits per heavy atom. The first kappa shape index (κ1) is 11.0. The molecule has 4 heteroatoms. The van der Waals surface area contributed by atoms with Crippen LogP contribution in [0, 0.1) is 6.20 Å². The standard InChI is InChI=1S/C7H10N3.Y/c1-5(2)6-3-10-7(8)4-9-6;/h3,5H,1-2H3,(H2,8,10);/q-1;. The summed E-state index contributed by atoms with van der Waals surface area (Å²) in [5.41, 5.74) is 6.22. The average molecular weight is 225 g/mol. The van der Waals surface area contributed by atoms with Gasteiger partial charge in [-0.1, -0.05) is 25.5 Å². The monoisotopic (exact) mass is 225 g/mol. The third kappa shape index (κ3) is 3.25. The van der Waals surface area contributed by atoms with Gasteiger partial charge in [-0.15, -0.1) is 6.20 Å². The number of hydrogen-bond acceptors (Lipinski definition) is 3. The molecule has 0 fully saturated rings. The Morgan fingerprint density at radius 1 is 1.55 bits per heavy atom. The number of nitrogen functional groups attached to an aromatic ring is 1. The van der Waals surface area contributed by atoms with Crippen LogP contribution in [0.5, 0.6) is 0 Å². The summed E-state index contributed by atoms with van der Waals surface area (Å²) in [6.45, 7) is 4.10. The number of hydrogen-bond donors (Lipinski definition) is 1. The van der Waals surface area contributed by atoms with E-state index in [1.165, 1.54) is 0 Å². The molecule has 0 spiro atoms. The van der Waals surface area contributed by atoms with E-state index in [0.717, 1.165) is 5.69 Å². The Hall–Kier alpha value is -0.0161. The summed E-state index contributed by atoms with van der Waals surface area (Å²) in [5.74, 6) is 0.744. The van der Waals surface area contributed by atoms with Gasteiger partial charge in [0.2, 0.25) is 0 Å². The van der Waals surface area contributed by atoms with Gasteiger partial charge in [-0.05, 0) is 6.20 Å². The van der Waals surface area contributed by atoms with Crippen molar-refractivity contribution in [3.05, 3.63) is 18.1 Å². The smallest absolute Gasteiger partial charge is 0.0468 e. The number of nitrogens with zero attached hydrogens (tertiary/aromatic N) is 2. The molecule has 0 aliphatic heterocycles. The SMILES string of the molecule is CC(C)c1cnc(N)[c-]n1.[Y]. The van der Waals surface area contributed by atoms with Crippen molar-refractivity contribution in [3.63, 3.8) is 0 Å². The van der Waals surface area contributed by atoms with Gasteiger partial charge in [-0.25, -0.2) is 0 Å². The van der Waals surface area contributed by atoms with E-state index < -0.39 is 0 Å². The molecule has 57 valence electrons. The van der Waals surface area contributed by atoms with E-state index in [1.54, 1.807) is 6.20 Å². The topological polar surface area (TPSA) is 51.8 Å². The number of nitrogens with two attached hydrogens (primary N) is 1. The fraction of sp³-hybridized carbons (Fsp3) is 0.429. The molecule has 0 atom stereocenters. The summed E-state index contributed by atoms with van der Waals surface area (Å²) in [4.78, 5) is 7.83. The van der Waals surface area contributed by atoms with Crippen LogP contribution in [0.1, 0.15) is 25.5 Å². The predicted octanol–water partition coefficient (Wildman–Crippen LogP) is 0.980. The Morgan fingerprint density at radius 2 is 2.18 bits per heavy atom. The van der Waals surface area contributed by atoms with E-state index in [1.807, 2.05) is 13.8 Å². The van der Waals surface area contributed by atoms with Crippen molar-refractivity contribution < 1.29 is 32.7 Å². The van der Waals surface area contributed by atoms with Crippen LogP contribution in [-0.4, -0.2) is 9.97 Å². The van der Waals surface area contributed by atoms with Gasteiger partial charge in [0.1, 0.15) is 0 Å². The minimum Gasteiger partial charge on any atom is -0.450 e.